The molecular formula is C16H18N4O4. The number of hydrogen-bond acceptors (Lipinski definition) is 5. The Kier molecular flexibility index (Phi) is 4.06. The number of nitrogens with one attached hydrogen (secondary N) is 1. The van der Waals surface area contributed by atoms with Gasteiger partial charge in [0.2, 0.25) is 0 Å². The molecule has 0 bridgehead atoms. The van der Waals surface area contributed by atoms with Crippen molar-refractivity contribution in [2.75, 3.05) is 13.2 Å². The highest BCUT2D eigenvalue weighted by Crippen LogP contribution is 2.20. The molecule has 0 spiro atoms. The van der Waals surface area contributed by atoms with Crippen LogP contribution in [0, 0.1) is 13.8 Å². The van der Waals surface area contributed by atoms with Gasteiger partial charge in [-0.1, -0.05) is 22.9 Å². The van der Waals surface area contributed by atoms with Crippen molar-refractivity contribution in [3.63, 3.8) is 0 Å². The van der Waals surface area contributed by atoms with Crippen molar-refractivity contribution in [3.8, 4) is 5.69 Å². The first kappa shape index (κ1) is 16.1. The zero-order chi connectivity index (χ0) is 17.3. The second-order valence-corrected chi connectivity index (χ2v) is 5.91. The third kappa shape index (κ3) is 2.76. The van der Waals surface area contributed by atoms with Gasteiger partial charge in [0.1, 0.15) is 0 Å². The highest BCUT2D eigenvalue weighted by Gasteiger charge is 2.44. The molecule has 0 radical (unpaired) electrons. The molecule has 1 aliphatic rings. The van der Waals surface area contributed by atoms with Gasteiger partial charge < -0.3 is 15.2 Å². The Morgan fingerprint density at radius 3 is 2.58 bits per heavy atom. The topological polar surface area (TPSA) is 106 Å². The highest BCUT2D eigenvalue weighted by molar-refractivity contribution is 5.97. The molecule has 0 aliphatic carbocycles. The summed E-state index contributed by atoms with van der Waals surface area (Å²) in [5, 5.41) is 19.9. The van der Waals surface area contributed by atoms with Crippen LogP contribution in [-0.4, -0.2) is 50.7 Å². The van der Waals surface area contributed by atoms with Crippen molar-refractivity contribution in [1.82, 2.24) is 20.3 Å². The average Bonchev–Trinajstić information content (AvgIpc) is 3.16. The zero-order valence-corrected chi connectivity index (χ0v) is 13.4. The van der Waals surface area contributed by atoms with Crippen molar-refractivity contribution >= 4 is 11.9 Å². The fraction of sp³-hybridized carbons (Fsp3) is 0.375. The van der Waals surface area contributed by atoms with Crippen molar-refractivity contribution < 1.29 is 19.4 Å². The van der Waals surface area contributed by atoms with Gasteiger partial charge in [-0.05, 0) is 26.0 Å². The van der Waals surface area contributed by atoms with E-state index in [0.717, 1.165) is 11.3 Å². The van der Waals surface area contributed by atoms with E-state index in [9.17, 15) is 14.7 Å². The number of carboxylic acids is 1. The smallest absolute Gasteiger partial charge is 0.331 e. The highest BCUT2D eigenvalue weighted by atomic mass is 16.5. The summed E-state index contributed by atoms with van der Waals surface area (Å²) >= 11 is 0. The summed E-state index contributed by atoms with van der Waals surface area (Å²) in [5.74, 6) is -1.68. The normalized spacial score (nSPS) is 20.1. The summed E-state index contributed by atoms with van der Waals surface area (Å²) in [7, 11) is 0. The molecule has 1 aliphatic heterocycles. The first-order valence-electron chi connectivity index (χ1n) is 7.56. The molecule has 1 aromatic heterocycles. The van der Waals surface area contributed by atoms with Crippen molar-refractivity contribution in [2.24, 2.45) is 0 Å². The molecule has 1 fully saturated rings. The van der Waals surface area contributed by atoms with Crippen LogP contribution in [-0.2, 0) is 9.53 Å². The molecule has 3 rings (SSSR count). The summed E-state index contributed by atoms with van der Waals surface area (Å²) < 4.78 is 6.69. The van der Waals surface area contributed by atoms with Crippen molar-refractivity contribution in [2.45, 2.75) is 25.8 Å². The summed E-state index contributed by atoms with van der Waals surface area (Å²) in [6.07, 6.45) is 0.221. The Labute approximate surface area is 138 Å². The van der Waals surface area contributed by atoms with Gasteiger partial charge in [0.05, 0.1) is 18.0 Å². The monoisotopic (exact) mass is 330 g/mol. The maximum Gasteiger partial charge on any atom is 0.331 e. The Balaban J connectivity index is 1.86. The molecule has 1 unspecified atom stereocenters. The maximum absolute atomic E-state index is 12.5. The number of hydrogen-bond donors (Lipinski definition) is 2. The number of aryl methyl sites for hydroxylation is 1. The fourth-order valence-electron chi connectivity index (χ4n) is 2.63. The molecule has 8 nitrogen and oxygen atoms in total. The van der Waals surface area contributed by atoms with Gasteiger partial charge in [0.15, 0.2) is 11.2 Å². The number of ether oxygens (including phenoxy) is 1. The Morgan fingerprint density at radius 2 is 2.00 bits per heavy atom. The van der Waals surface area contributed by atoms with E-state index in [4.69, 9.17) is 4.74 Å². The largest absolute Gasteiger partial charge is 0.479 e. The Hall–Kier alpha value is -2.74. The predicted molar refractivity (Wildman–Crippen MR) is 84.1 cm³/mol. The lowest BCUT2D eigenvalue weighted by Gasteiger charge is -2.23. The Morgan fingerprint density at radius 1 is 1.29 bits per heavy atom. The van der Waals surface area contributed by atoms with Crippen LogP contribution in [0.15, 0.2) is 24.3 Å². The van der Waals surface area contributed by atoms with E-state index in [2.05, 4.69) is 15.6 Å². The molecule has 126 valence electrons. The van der Waals surface area contributed by atoms with E-state index in [1.165, 1.54) is 0 Å². The first-order valence-corrected chi connectivity index (χ1v) is 7.56. The van der Waals surface area contributed by atoms with Crippen LogP contribution in [0.4, 0.5) is 0 Å². The van der Waals surface area contributed by atoms with E-state index < -0.39 is 17.4 Å². The predicted octanol–water partition coefficient (Wildman–Crippen LogP) is 0.858. The number of benzene rings is 1. The lowest BCUT2D eigenvalue weighted by atomic mass is 9.99. The van der Waals surface area contributed by atoms with Crippen LogP contribution in [0.1, 0.15) is 28.2 Å². The first-order chi connectivity index (χ1) is 11.4. The minimum Gasteiger partial charge on any atom is -0.479 e. The number of carbonyl (C=O) groups excluding carboxylic acids is 1. The van der Waals surface area contributed by atoms with Crippen LogP contribution in [0.5, 0.6) is 0 Å². The minimum atomic E-state index is -1.41. The quantitative estimate of drug-likeness (QED) is 0.861. The number of amides is 1. The van der Waals surface area contributed by atoms with Crippen LogP contribution in [0.3, 0.4) is 0 Å². The van der Waals surface area contributed by atoms with E-state index in [1.807, 2.05) is 31.2 Å². The van der Waals surface area contributed by atoms with Crippen molar-refractivity contribution in [3.05, 3.63) is 41.2 Å². The molecule has 1 amide bonds. The van der Waals surface area contributed by atoms with Crippen LogP contribution >= 0.6 is 0 Å². The number of carboxylic acid groups (broad SMARTS) is 1. The van der Waals surface area contributed by atoms with Gasteiger partial charge in [0.25, 0.3) is 5.91 Å². The molecule has 2 aromatic rings. The number of rotatable bonds is 4. The molecular weight excluding hydrogens is 312 g/mol. The van der Waals surface area contributed by atoms with Gasteiger partial charge in [0, 0.05) is 13.0 Å². The molecule has 24 heavy (non-hydrogen) atoms. The molecule has 2 heterocycles. The molecule has 2 N–H and O–H groups in total. The molecule has 1 atom stereocenters. The van der Waals surface area contributed by atoms with E-state index in [-0.39, 0.29) is 18.7 Å². The van der Waals surface area contributed by atoms with E-state index in [0.29, 0.717) is 12.3 Å². The summed E-state index contributed by atoms with van der Waals surface area (Å²) in [6, 6.07) is 7.63. The van der Waals surface area contributed by atoms with Gasteiger partial charge in [-0.15, -0.1) is 5.10 Å². The summed E-state index contributed by atoms with van der Waals surface area (Å²) in [4.78, 5) is 24.0. The second-order valence-electron chi connectivity index (χ2n) is 5.91. The lowest BCUT2D eigenvalue weighted by Crippen LogP contribution is -2.55. The summed E-state index contributed by atoms with van der Waals surface area (Å²) in [6.45, 7) is 3.93. The molecule has 8 heteroatoms. The van der Waals surface area contributed by atoms with Gasteiger partial charge in [-0.25, -0.2) is 9.48 Å². The molecule has 1 aromatic carbocycles. The number of aromatic nitrogens is 3. The van der Waals surface area contributed by atoms with Crippen LogP contribution in [0.25, 0.3) is 5.69 Å². The van der Waals surface area contributed by atoms with Gasteiger partial charge in [-0.2, -0.15) is 0 Å². The SMILES string of the molecule is Cc1ccc(-n2nnc(C(=O)NC3(C(=O)O)CCOC3)c2C)cc1. The number of aliphatic carboxylic acids is 1. The maximum atomic E-state index is 12.5. The molecule has 1 saturated heterocycles. The van der Waals surface area contributed by atoms with E-state index >= 15 is 0 Å². The Bertz CT molecular complexity index is 776. The number of nitrogens with zero attached hydrogens (tertiary/aromatic N) is 3. The fourth-order valence-corrected chi connectivity index (χ4v) is 2.63. The third-order valence-electron chi connectivity index (χ3n) is 4.17. The zero-order valence-electron chi connectivity index (χ0n) is 13.4. The second kappa shape index (κ2) is 6.04. The van der Waals surface area contributed by atoms with Crippen molar-refractivity contribution in [1.29, 1.82) is 0 Å². The van der Waals surface area contributed by atoms with Gasteiger partial charge >= 0.3 is 5.97 Å². The number of carbonyl (C=O) groups is 2. The van der Waals surface area contributed by atoms with Crippen LogP contribution in [0.2, 0.25) is 0 Å². The van der Waals surface area contributed by atoms with Gasteiger partial charge in [-0.3, -0.25) is 4.79 Å². The summed E-state index contributed by atoms with van der Waals surface area (Å²) in [5.41, 5.74) is 1.12. The van der Waals surface area contributed by atoms with Crippen LogP contribution < -0.4 is 5.32 Å². The molecule has 0 saturated carbocycles. The lowest BCUT2D eigenvalue weighted by molar-refractivity contribution is -0.144. The minimum absolute atomic E-state index is 0.0563. The standard InChI is InChI=1S/C16H18N4O4/c1-10-3-5-12(6-4-10)20-11(2)13(18-19-20)14(21)17-16(15(22)23)7-8-24-9-16/h3-6H,7-9H2,1-2H3,(H,17,21)(H,22,23). The van der Waals surface area contributed by atoms with E-state index in [1.54, 1.807) is 11.6 Å². The third-order valence-corrected chi connectivity index (χ3v) is 4.17. The average molecular weight is 330 g/mol.